The molecule has 0 spiro atoms. The predicted octanol–water partition coefficient (Wildman–Crippen LogP) is 5.24. The van der Waals surface area contributed by atoms with E-state index >= 15 is 0 Å². The molecule has 160 valence electrons. The Morgan fingerprint density at radius 2 is 1.94 bits per heavy atom. The molecule has 0 aliphatic rings. The molecule has 2 aromatic carbocycles. The SMILES string of the molecule is CC(C)Cc1[nH]c(N(CCC(=O)O)Cc2ccccc2)nc1-c1ccc2[nH]ccc2c1. The standard InChI is InChI=1S/C25H28N4O2/c1-17(2)14-22-24(20-8-9-21-19(15-20)10-12-26-21)28-25(27-22)29(13-11-23(30)31)16-18-6-4-3-5-7-18/h3-10,12,15,17,26H,11,13-14,16H2,1-2H3,(H,27,28)(H,30,31). The Kier molecular flexibility index (Phi) is 6.07. The summed E-state index contributed by atoms with van der Waals surface area (Å²) in [6, 6.07) is 18.4. The van der Waals surface area contributed by atoms with Crippen molar-refractivity contribution < 1.29 is 9.90 Å². The first-order valence-electron chi connectivity index (χ1n) is 10.7. The maximum absolute atomic E-state index is 11.3. The van der Waals surface area contributed by atoms with Crippen LogP contribution in [0.15, 0.2) is 60.8 Å². The van der Waals surface area contributed by atoms with Crippen LogP contribution in [0.2, 0.25) is 0 Å². The minimum Gasteiger partial charge on any atom is -0.481 e. The molecule has 2 aromatic heterocycles. The predicted molar refractivity (Wildman–Crippen MR) is 124 cm³/mol. The van der Waals surface area contributed by atoms with Crippen LogP contribution in [0.1, 0.15) is 31.5 Å². The van der Waals surface area contributed by atoms with Gasteiger partial charge in [0.2, 0.25) is 5.95 Å². The van der Waals surface area contributed by atoms with Gasteiger partial charge in [0, 0.05) is 41.4 Å². The third-order valence-electron chi connectivity index (χ3n) is 5.32. The summed E-state index contributed by atoms with van der Waals surface area (Å²) in [6.45, 7) is 5.35. The van der Waals surface area contributed by atoms with Crippen molar-refractivity contribution in [1.82, 2.24) is 15.0 Å². The lowest BCUT2D eigenvalue weighted by Crippen LogP contribution is -2.26. The number of carboxylic acids is 1. The fourth-order valence-electron chi connectivity index (χ4n) is 3.83. The topological polar surface area (TPSA) is 85.0 Å². The van der Waals surface area contributed by atoms with Crippen LogP contribution in [-0.4, -0.2) is 32.6 Å². The number of fused-ring (bicyclic) bond motifs is 1. The van der Waals surface area contributed by atoms with E-state index in [4.69, 9.17) is 4.98 Å². The van der Waals surface area contributed by atoms with Crippen molar-refractivity contribution >= 4 is 22.8 Å². The van der Waals surface area contributed by atoms with Crippen molar-refractivity contribution in [3.8, 4) is 11.3 Å². The summed E-state index contributed by atoms with van der Waals surface area (Å²) in [7, 11) is 0. The number of rotatable bonds is 9. The lowest BCUT2D eigenvalue weighted by atomic mass is 10.0. The summed E-state index contributed by atoms with van der Waals surface area (Å²) in [5, 5.41) is 10.4. The average molecular weight is 417 g/mol. The van der Waals surface area contributed by atoms with Crippen molar-refractivity contribution in [3.63, 3.8) is 0 Å². The molecule has 0 fully saturated rings. The van der Waals surface area contributed by atoms with Gasteiger partial charge in [0.05, 0.1) is 12.1 Å². The number of anilines is 1. The van der Waals surface area contributed by atoms with Gasteiger partial charge in [0.25, 0.3) is 0 Å². The van der Waals surface area contributed by atoms with Gasteiger partial charge in [-0.15, -0.1) is 0 Å². The number of imidazole rings is 1. The monoisotopic (exact) mass is 416 g/mol. The molecule has 0 saturated heterocycles. The third kappa shape index (κ3) is 4.97. The van der Waals surface area contributed by atoms with E-state index < -0.39 is 5.97 Å². The Morgan fingerprint density at radius 3 is 2.68 bits per heavy atom. The minimum absolute atomic E-state index is 0.0533. The normalized spacial score (nSPS) is 11.3. The van der Waals surface area contributed by atoms with E-state index in [1.54, 1.807) is 0 Å². The van der Waals surface area contributed by atoms with Crippen LogP contribution in [0.3, 0.4) is 0 Å². The molecule has 0 aliphatic heterocycles. The number of nitrogens with one attached hydrogen (secondary N) is 2. The zero-order valence-electron chi connectivity index (χ0n) is 17.9. The van der Waals surface area contributed by atoms with Gasteiger partial charge in [-0.25, -0.2) is 4.98 Å². The fourth-order valence-corrected chi connectivity index (χ4v) is 3.83. The Morgan fingerprint density at radius 1 is 1.13 bits per heavy atom. The van der Waals surface area contributed by atoms with Gasteiger partial charge < -0.3 is 20.0 Å². The Hall–Kier alpha value is -3.54. The van der Waals surface area contributed by atoms with E-state index in [-0.39, 0.29) is 6.42 Å². The molecule has 31 heavy (non-hydrogen) atoms. The van der Waals surface area contributed by atoms with Crippen LogP contribution in [0.4, 0.5) is 5.95 Å². The van der Waals surface area contributed by atoms with E-state index in [0.717, 1.165) is 39.8 Å². The molecule has 0 aliphatic carbocycles. The highest BCUT2D eigenvalue weighted by Crippen LogP contribution is 2.30. The lowest BCUT2D eigenvalue weighted by Gasteiger charge is -2.21. The summed E-state index contributed by atoms with van der Waals surface area (Å²) in [4.78, 5) is 25.0. The first kappa shape index (κ1) is 20.7. The Bertz CT molecular complexity index is 1160. The van der Waals surface area contributed by atoms with Gasteiger partial charge in [-0.1, -0.05) is 50.2 Å². The number of carbonyl (C=O) groups is 1. The summed E-state index contributed by atoms with van der Waals surface area (Å²) in [6.07, 6.45) is 2.86. The molecular formula is C25H28N4O2. The number of aromatic amines is 2. The number of aromatic nitrogens is 3. The molecule has 3 N–H and O–H groups in total. The number of carboxylic acid groups (broad SMARTS) is 1. The maximum Gasteiger partial charge on any atom is 0.305 e. The van der Waals surface area contributed by atoms with Crippen molar-refractivity contribution in [2.24, 2.45) is 5.92 Å². The lowest BCUT2D eigenvalue weighted by molar-refractivity contribution is -0.136. The minimum atomic E-state index is -0.815. The van der Waals surface area contributed by atoms with E-state index in [0.29, 0.717) is 25.0 Å². The van der Waals surface area contributed by atoms with Crippen molar-refractivity contribution in [2.75, 3.05) is 11.4 Å². The molecular weight excluding hydrogens is 388 g/mol. The molecule has 0 unspecified atom stereocenters. The number of nitrogens with zero attached hydrogens (tertiary/aromatic N) is 2. The number of hydrogen-bond donors (Lipinski definition) is 3. The quantitative estimate of drug-likeness (QED) is 0.348. The molecule has 0 bridgehead atoms. The molecule has 4 aromatic rings. The summed E-state index contributed by atoms with van der Waals surface area (Å²) < 4.78 is 0. The Balaban J connectivity index is 1.72. The highest BCUT2D eigenvalue weighted by molar-refractivity contribution is 5.85. The highest BCUT2D eigenvalue weighted by Gasteiger charge is 2.19. The van der Waals surface area contributed by atoms with Gasteiger partial charge in [0.15, 0.2) is 0 Å². The number of hydrogen-bond acceptors (Lipinski definition) is 3. The molecule has 6 nitrogen and oxygen atoms in total. The van der Waals surface area contributed by atoms with E-state index in [1.165, 1.54) is 0 Å². The summed E-state index contributed by atoms with van der Waals surface area (Å²) in [5.41, 5.74) is 5.28. The zero-order valence-corrected chi connectivity index (χ0v) is 17.9. The van der Waals surface area contributed by atoms with Crippen LogP contribution in [0, 0.1) is 5.92 Å². The maximum atomic E-state index is 11.3. The van der Waals surface area contributed by atoms with Crippen LogP contribution < -0.4 is 4.90 Å². The third-order valence-corrected chi connectivity index (χ3v) is 5.32. The molecule has 2 heterocycles. The summed E-state index contributed by atoms with van der Waals surface area (Å²) in [5.74, 6) is 0.361. The van der Waals surface area contributed by atoms with Gasteiger partial charge in [0.1, 0.15) is 0 Å². The van der Waals surface area contributed by atoms with Crippen LogP contribution in [0.25, 0.3) is 22.2 Å². The van der Waals surface area contributed by atoms with E-state index in [2.05, 4.69) is 48.1 Å². The highest BCUT2D eigenvalue weighted by atomic mass is 16.4. The molecule has 4 rings (SSSR count). The number of benzene rings is 2. The summed E-state index contributed by atoms with van der Waals surface area (Å²) >= 11 is 0. The molecule has 0 saturated carbocycles. The van der Waals surface area contributed by atoms with Crippen LogP contribution >= 0.6 is 0 Å². The van der Waals surface area contributed by atoms with Gasteiger partial charge in [-0.05, 0) is 36.1 Å². The van der Waals surface area contributed by atoms with E-state index in [1.807, 2.05) is 41.4 Å². The van der Waals surface area contributed by atoms with Gasteiger partial charge >= 0.3 is 5.97 Å². The number of H-pyrrole nitrogens is 2. The van der Waals surface area contributed by atoms with Crippen LogP contribution in [-0.2, 0) is 17.8 Å². The second kappa shape index (κ2) is 9.08. The van der Waals surface area contributed by atoms with Gasteiger partial charge in [-0.3, -0.25) is 4.79 Å². The van der Waals surface area contributed by atoms with Crippen molar-refractivity contribution in [2.45, 2.75) is 33.2 Å². The van der Waals surface area contributed by atoms with Crippen molar-refractivity contribution in [1.29, 1.82) is 0 Å². The molecule has 6 heteroatoms. The fraction of sp³-hybridized carbons (Fsp3) is 0.280. The van der Waals surface area contributed by atoms with Crippen LogP contribution in [0.5, 0.6) is 0 Å². The first-order valence-corrected chi connectivity index (χ1v) is 10.7. The van der Waals surface area contributed by atoms with Gasteiger partial charge in [-0.2, -0.15) is 0 Å². The largest absolute Gasteiger partial charge is 0.481 e. The smallest absolute Gasteiger partial charge is 0.305 e. The van der Waals surface area contributed by atoms with E-state index in [9.17, 15) is 9.90 Å². The molecule has 0 atom stereocenters. The first-order chi connectivity index (χ1) is 15.0. The average Bonchev–Trinajstić information content (AvgIpc) is 3.37. The second-order valence-corrected chi connectivity index (χ2v) is 8.32. The molecule has 0 radical (unpaired) electrons. The zero-order chi connectivity index (χ0) is 21.8. The second-order valence-electron chi connectivity index (χ2n) is 8.32. The molecule has 0 amide bonds. The van der Waals surface area contributed by atoms with Crippen molar-refractivity contribution in [3.05, 3.63) is 72.1 Å². The number of aliphatic carboxylic acids is 1. The Labute approximate surface area is 182 Å².